The van der Waals surface area contributed by atoms with Crippen LogP contribution in [0.25, 0.3) is 22.1 Å². The van der Waals surface area contributed by atoms with Gasteiger partial charge in [-0.3, -0.25) is 4.79 Å². The van der Waals surface area contributed by atoms with Crippen LogP contribution in [0.15, 0.2) is 51.9 Å². The Bertz CT molecular complexity index is 1320. The van der Waals surface area contributed by atoms with Crippen molar-refractivity contribution in [2.24, 2.45) is 0 Å². The summed E-state index contributed by atoms with van der Waals surface area (Å²) in [6, 6.07) is 8.98. The van der Waals surface area contributed by atoms with Crippen molar-refractivity contribution in [1.82, 2.24) is 9.80 Å². The summed E-state index contributed by atoms with van der Waals surface area (Å²) in [5.41, 5.74) is 0.336. The molecule has 0 radical (unpaired) electrons. The van der Waals surface area contributed by atoms with Gasteiger partial charge in [-0.15, -0.1) is 0 Å². The molecule has 36 heavy (non-hydrogen) atoms. The first-order chi connectivity index (χ1) is 17.5. The number of benzene rings is 2. The molecule has 11 nitrogen and oxygen atoms in total. The lowest BCUT2D eigenvalue weighted by molar-refractivity contribution is 0.0415. The van der Waals surface area contributed by atoms with Crippen LogP contribution in [-0.4, -0.2) is 79.7 Å². The molecule has 188 valence electrons. The number of ether oxygens (including phenoxy) is 4. The largest absolute Gasteiger partial charge is 0.507 e. The number of hydrogen-bond acceptors (Lipinski definition) is 9. The van der Waals surface area contributed by atoms with Gasteiger partial charge in [0.1, 0.15) is 34.5 Å². The fourth-order valence-electron chi connectivity index (χ4n) is 3.99. The molecule has 1 N–H and O–H groups in total. The average Bonchev–Trinajstić information content (AvgIpc) is 2.90. The Hall–Kier alpha value is -4.09. The molecule has 2 aliphatic rings. The highest BCUT2D eigenvalue weighted by Gasteiger charge is 2.21. The number of carbonyl (C=O) groups is 2. The van der Waals surface area contributed by atoms with Crippen molar-refractivity contribution in [1.29, 1.82) is 0 Å². The van der Waals surface area contributed by atoms with Crippen LogP contribution in [0.3, 0.4) is 0 Å². The van der Waals surface area contributed by atoms with E-state index in [0.29, 0.717) is 63.9 Å². The van der Waals surface area contributed by atoms with E-state index in [-0.39, 0.29) is 28.0 Å². The Morgan fingerprint density at radius 2 is 1.36 bits per heavy atom. The molecular weight excluding hydrogens is 472 g/mol. The second-order valence-electron chi connectivity index (χ2n) is 8.25. The molecular formula is C25H24N2O9. The maximum atomic E-state index is 13.1. The number of fused-ring (bicyclic) bond motifs is 1. The zero-order valence-electron chi connectivity index (χ0n) is 19.3. The highest BCUT2D eigenvalue weighted by atomic mass is 16.6. The van der Waals surface area contributed by atoms with Gasteiger partial charge in [0.25, 0.3) is 0 Å². The number of phenols is 1. The molecule has 0 aliphatic carbocycles. The van der Waals surface area contributed by atoms with Gasteiger partial charge in [0.15, 0.2) is 0 Å². The molecule has 0 spiro atoms. The van der Waals surface area contributed by atoms with Crippen molar-refractivity contribution in [3.63, 3.8) is 0 Å². The summed E-state index contributed by atoms with van der Waals surface area (Å²) in [6.07, 6.45) is 0.226. The number of rotatable bonds is 3. The van der Waals surface area contributed by atoms with E-state index in [2.05, 4.69) is 0 Å². The lowest BCUT2D eigenvalue weighted by Crippen LogP contribution is -2.42. The molecule has 2 aromatic carbocycles. The normalized spacial score (nSPS) is 16.1. The van der Waals surface area contributed by atoms with Gasteiger partial charge >= 0.3 is 12.2 Å². The second kappa shape index (κ2) is 10.3. The van der Waals surface area contributed by atoms with Crippen LogP contribution in [0, 0.1) is 0 Å². The molecule has 2 aliphatic heterocycles. The van der Waals surface area contributed by atoms with Crippen molar-refractivity contribution in [2.75, 3.05) is 52.6 Å². The first kappa shape index (κ1) is 23.6. The van der Waals surface area contributed by atoms with Gasteiger partial charge in [-0.1, -0.05) is 12.1 Å². The Morgan fingerprint density at radius 1 is 0.806 bits per heavy atom. The number of hydrogen-bond donors (Lipinski definition) is 1. The summed E-state index contributed by atoms with van der Waals surface area (Å²) in [6.45, 7) is 3.52. The molecule has 0 bridgehead atoms. The van der Waals surface area contributed by atoms with Gasteiger partial charge in [-0.25, -0.2) is 9.59 Å². The fourth-order valence-corrected chi connectivity index (χ4v) is 3.99. The van der Waals surface area contributed by atoms with E-state index >= 15 is 0 Å². The number of aromatic hydroxyl groups is 1. The monoisotopic (exact) mass is 496 g/mol. The van der Waals surface area contributed by atoms with Crippen LogP contribution in [0.1, 0.15) is 0 Å². The third-order valence-corrected chi connectivity index (χ3v) is 5.94. The summed E-state index contributed by atoms with van der Waals surface area (Å²) in [4.78, 5) is 40.8. The van der Waals surface area contributed by atoms with E-state index in [0.717, 1.165) is 0 Å². The average molecular weight is 496 g/mol. The minimum Gasteiger partial charge on any atom is -0.507 e. The van der Waals surface area contributed by atoms with Gasteiger partial charge in [0.2, 0.25) is 5.43 Å². The molecule has 1 aromatic heterocycles. The molecule has 2 fully saturated rings. The Kier molecular flexibility index (Phi) is 6.74. The fraction of sp³-hybridized carbons (Fsp3) is 0.320. The summed E-state index contributed by atoms with van der Waals surface area (Å²) in [5, 5.41) is 10.5. The topological polar surface area (TPSA) is 128 Å². The Balaban J connectivity index is 1.34. The number of carbonyl (C=O) groups excluding carboxylic acids is 2. The predicted molar refractivity (Wildman–Crippen MR) is 126 cm³/mol. The zero-order chi connectivity index (χ0) is 25.1. The summed E-state index contributed by atoms with van der Waals surface area (Å²) >= 11 is 0. The van der Waals surface area contributed by atoms with Crippen LogP contribution in [0.4, 0.5) is 9.59 Å². The molecule has 3 heterocycles. The first-order valence-electron chi connectivity index (χ1n) is 11.5. The van der Waals surface area contributed by atoms with Crippen LogP contribution in [0.5, 0.6) is 17.2 Å². The van der Waals surface area contributed by atoms with Crippen molar-refractivity contribution in [3.05, 3.63) is 52.9 Å². The smallest absolute Gasteiger partial charge is 0.415 e. The molecule has 2 saturated heterocycles. The summed E-state index contributed by atoms with van der Waals surface area (Å²) in [7, 11) is 0. The molecule has 0 unspecified atom stereocenters. The van der Waals surface area contributed by atoms with Crippen LogP contribution in [0.2, 0.25) is 0 Å². The molecule has 11 heteroatoms. The second-order valence-corrected chi connectivity index (χ2v) is 8.25. The molecule has 0 atom stereocenters. The highest BCUT2D eigenvalue weighted by Crippen LogP contribution is 2.31. The van der Waals surface area contributed by atoms with Gasteiger partial charge in [0, 0.05) is 38.3 Å². The van der Waals surface area contributed by atoms with Crippen molar-refractivity contribution in [3.8, 4) is 28.4 Å². The van der Waals surface area contributed by atoms with Gasteiger partial charge in [-0.2, -0.15) is 0 Å². The Labute approximate surface area is 205 Å². The van der Waals surface area contributed by atoms with Crippen LogP contribution in [-0.2, 0) is 9.47 Å². The van der Waals surface area contributed by atoms with Gasteiger partial charge in [0.05, 0.1) is 32.0 Å². The molecule has 0 saturated carbocycles. The molecule has 5 rings (SSSR count). The maximum absolute atomic E-state index is 13.1. The lowest BCUT2D eigenvalue weighted by Gasteiger charge is -2.25. The van der Waals surface area contributed by atoms with Crippen LogP contribution < -0.4 is 14.9 Å². The van der Waals surface area contributed by atoms with Crippen molar-refractivity contribution in [2.45, 2.75) is 0 Å². The van der Waals surface area contributed by atoms with Crippen molar-refractivity contribution >= 4 is 23.2 Å². The van der Waals surface area contributed by atoms with Crippen molar-refractivity contribution < 1.29 is 38.1 Å². The SMILES string of the molecule is O=C(Oc1ccc(-c2coc3cc(OC(=O)N4CCOCC4)cc(O)c3c2=O)cc1)N1CCOCC1. The van der Waals surface area contributed by atoms with Crippen LogP contribution >= 0.6 is 0 Å². The third-order valence-electron chi connectivity index (χ3n) is 5.94. The standard InChI is InChI=1S/C25H24N2O9/c28-20-13-18(36-25(31)27-7-11-33-12-8-27)14-21-22(20)23(29)19(15-34-21)16-1-3-17(4-2-16)35-24(30)26-5-9-32-10-6-26/h1-4,13-15,28H,5-12H2. The number of morpholine rings is 2. The minimum atomic E-state index is -0.578. The van der Waals surface area contributed by atoms with E-state index in [9.17, 15) is 19.5 Å². The highest BCUT2D eigenvalue weighted by molar-refractivity contribution is 5.88. The zero-order valence-corrected chi connectivity index (χ0v) is 19.3. The number of nitrogens with zero attached hydrogens (tertiary/aromatic N) is 2. The lowest BCUT2D eigenvalue weighted by atomic mass is 10.0. The van der Waals surface area contributed by atoms with Gasteiger partial charge in [-0.05, 0) is 17.7 Å². The van der Waals surface area contributed by atoms with Gasteiger partial charge < -0.3 is 38.3 Å². The van der Waals surface area contributed by atoms with E-state index in [1.807, 2.05) is 0 Å². The minimum absolute atomic E-state index is 0.0403. The van der Waals surface area contributed by atoms with E-state index < -0.39 is 17.6 Å². The number of phenolic OH excluding ortho intramolecular Hbond substituents is 1. The third kappa shape index (κ3) is 4.97. The Morgan fingerprint density at radius 3 is 1.94 bits per heavy atom. The summed E-state index contributed by atoms with van der Waals surface area (Å²) in [5.74, 6) is 0.0118. The van der Waals surface area contributed by atoms with E-state index in [1.54, 1.807) is 29.2 Å². The van der Waals surface area contributed by atoms with E-state index in [4.69, 9.17) is 23.4 Å². The van der Waals surface area contributed by atoms with E-state index in [1.165, 1.54) is 23.3 Å². The quantitative estimate of drug-likeness (QED) is 0.582. The molecule has 2 amide bonds. The predicted octanol–water partition coefficient (Wildman–Crippen LogP) is 2.83. The maximum Gasteiger partial charge on any atom is 0.415 e. The first-order valence-corrected chi connectivity index (χ1v) is 11.5. The number of amides is 2. The molecule has 3 aromatic rings. The summed E-state index contributed by atoms with van der Waals surface area (Å²) < 4.78 is 26.8.